The number of nitrogens with two attached hydrogens (primary N) is 2. The highest BCUT2D eigenvalue weighted by molar-refractivity contribution is 7.47. The monoisotopic (exact) mass is 660 g/mol. The fourth-order valence-electron chi connectivity index (χ4n) is 5.26. The summed E-state index contributed by atoms with van der Waals surface area (Å²) in [6.07, 6.45) is -7.26. The van der Waals surface area contributed by atoms with Crippen molar-refractivity contribution in [1.82, 2.24) is 39.0 Å². The van der Waals surface area contributed by atoms with Crippen LogP contribution in [0.5, 0.6) is 0 Å². The lowest BCUT2D eigenvalue weighted by Gasteiger charge is -2.25. The molecule has 0 aliphatic carbocycles. The van der Waals surface area contributed by atoms with E-state index < -0.39 is 77.5 Å². The number of halogens is 1. The van der Waals surface area contributed by atoms with Gasteiger partial charge in [0, 0.05) is 6.42 Å². The van der Waals surface area contributed by atoms with Crippen LogP contribution in [0.1, 0.15) is 18.9 Å². The van der Waals surface area contributed by atoms with Gasteiger partial charge in [-0.2, -0.15) is 4.98 Å². The van der Waals surface area contributed by atoms with Gasteiger partial charge in [-0.05, 0) is 0 Å². The number of nitrogens with one attached hydrogen (secondary N) is 1. The Labute approximate surface area is 243 Å². The van der Waals surface area contributed by atoms with Gasteiger partial charge in [0.1, 0.15) is 30.2 Å². The van der Waals surface area contributed by atoms with E-state index in [4.69, 9.17) is 39.0 Å². The molecule has 3 aliphatic rings. The molecule has 2 unspecified atom stereocenters. The molecule has 4 aromatic rings. The Balaban J connectivity index is 1.19. The van der Waals surface area contributed by atoms with Crippen molar-refractivity contribution < 1.29 is 50.9 Å². The molecule has 44 heavy (non-hydrogen) atoms. The van der Waals surface area contributed by atoms with E-state index in [1.807, 2.05) is 0 Å². The van der Waals surface area contributed by atoms with Crippen LogP contribution in [0.25, 0.3) is 22.3 Å². The average Bonchev–Trinajstić information content (AvgIpc) is 3.72. The summed E-state index contributed by atoms with van der Waals surface area (Å²) in [5.74, 6) is -0.215. The molecule has 7 rings (SSSR count). The molecule has 0 spiro atoms. The Morgan fingerprint density at radius 2 is 1.61 bits per heavy atom. The second kappa shape index (κ2) is 10.6. The molecule has 2 bridgehead atoms. The maximum absolute atomic E-state index is 15.9. The Kier molecular flexibility index (Phi) is 7.05. The fraction of sp³-hybridized carbons (Fsp3) is 0.500. The van der Waals surface area contributed by atoms with E-state index in [0.717, 1.165) is 10.9 Å². The maximum Gasteiger partial charge on any atom is 0.472 e. The SMILES string of the molecule is Nc1nc2c(ncn2[C@@H]2O[C@@H]3COP(=O)(O)O[C@H]4[C@@H](F)[C@H](n5cnc6c(N)ncnc65)O[C@@H]4COP(=O)(O)O[C@@H]2C3)c(=O)[nH]1. The Hall–Kier alpha value is -3.43. The van der Waals surface area contributed by atoms with E-state index in [2.05, 4.69) is 29.9 Å². The van der Waals surface area contributed by atoms with E-state index in [1.165, 1.54) is 17.2 Å². The summed E-state index contributed by atoms with van der Waals surface area (Å²) in [7, 11) is -9.96. The van der Waals surface area contributed by atoms with Crippen molar-refractivity contribution in [3.05, 3.63) is 29.3 Å². The molecule has 7 N–H and O–H groups in total. The number of phosphoric ester groups is 2. The maximum atomic E-state index is 15.9. The van der Waals surface area contributed by atoms with Gasteiger partial charge in [-0.15, -0.1) is 0 Å². The summed E-state index contributed by atoms with van der Waals surface area (Å²) < 4.78 is 76.9. The molecule has 3 aliphatic heterocycles. The first kappa shape index (κ1) is 29.3. The van der Waals surface area contributed by atoms with Crippen LogP contribution < -0.4 is 17.0 Å². The van der Waals surface area contributed by atoms with Gasteiger partial charge in [0.05, 0.1) is 32.0 Å². The molecule has 24 heteroatoms. The first-order chi connectivity index (χ1) is 20.9. The highest BCUT2D eigenvalue weighted by Gasteiger charge is 2.52. The number of anilines is 2. The molecule has 0 amide bonds. The number of nitrogens with zero attached hydrogens (tertiary/aromatic N) is 7. The third-order valence-electron chi connectivity index (χ3n) is 7.15. The van der Waals surface area contributed by atoms with Gasteiger partial charge in [0.2, 0.25) is 5.95 Å². The van der Waals surface area contributed by atoms with Crippen LogP contribution >= 0.6 is 15.6 Å². The van der Waals surface area contributed by atoms with Gasteiger partial charge in [-0.1, -0.05) is 0 Å². The summed E-state index contributed by atoms with van der Waals surface area (Å²) in [5.41, 5.74) is 10.9. The third-order valence-corrected chi connectivity index (χ3v) is 9.14. The normalized spacial score (nSPS) is 36.6. The highest BCUT2D eigenvalue weighted by Crippen LogP contribution is 2.54. The van der Waals surface area contributed by atoms with Gasteiger partial charge in [-0.25, -0.2) is 33.5 Å². The van der Waals surface area contributed by atoms with E-state index in [0.29, 0.717) is 0 Å². The van der Waals surface area contributed by atoms with E-state index >= 15 is 4.39 Å². The minimum absolute atomic E-state index is 0.0146. The largest absolute Gasteiger partial charge is 0.472 e. The Bertz CT molecular complexity index is 1900. The van der Waals surface area contributed by atoms with Crippen molar-refractivity contribution in [3.8, 4) is 0 Å². The molecule has 0 aromatic carbocycles. The second-order valence-electron chi connectivity index (χ2n) is 9.99. The van der Waals surface area contributed by atoms with E-state index in [1.54, 1.807) is 0 Å². The van der Waals surface area contributed by atoms with Gasteiger partial charge >= 0.3 is 15.6 Å². The zero-order valence-electron chi connectivity index (χ0n) is 22.0. The molecular weight excluding hydrogens is 637 g/mol. The van der Waals surface area contributed by atoms with Crippen molar-refractivity contribution in [2.24, 2.45) is 0 Å². The summed E-state index contributed by atoms with van der Waals surface area (Å²) >= 11 is 0. The van der Waals surface area contributed by atoms with Crippen molar-refractivity contribution in [3.63, 3.8) is 0 Å². The fourth-order valence-corrected chi connectivity index (χ4v) is 7.16. The van der Waals surface area contributed by atoms with Gasteiger partial charge in [-0.3, -0.25) is 37.0 Å². The van der Waals surface area contributed by atoms with Crippen LogP contribution in [-0.4, -0.2) is 92.6 Å². The van der Waals surface area contributed by atoms with Crippen LogP contribution in [0.15, 0.2) is 23.8 Å². The number of aromatic amines is 1. The van der Waals surface area contributed by atoms with Crippen molar-refractivity contribution >= 4 is 49.7 Å². The molecule has 3 saturated heterocycles. The van der Waals surface area contributed by atoms with Crippen LogP contribution in [0.2, 0.25) is 0 Å². The van der Waals surface area contributed by atoms with Crippen LogP contribution in [0, 0.1) is 0 Å². The lowest BCUT2D eigenvalue weighted by atomic mass is 10.1. The number of ether oxygens (including phenoxy) is 2. The molecule has 7 heterocycles. The number of hydrogen-bond acceptors (Lipinski definition) is 16. The lowest BCUT2D eigenvalue weighted by Crippen LogP contribution is -2.34. The lowest BCUT2D eigenvalue weighted by molar-refractivity contribution is -0.0668. The smallest absolute Gasteiger partial charge is 0.382 e. The summed E-state index contributed by atoms with van der Waals surface area (Å²) in [6.45, 7) is -1.42. The average molecular weight is 660 g/mol. The zero-order chi connectivity index (χ0) is 31.0. The molecule has 236 valence electrons. The van der Waals surface area contributed by atoms with Crippen molar-refractivity contribution in [2.45, 2.75) is 49.5 Å². The number of H-pyrrole nitrogens is 1. The highest BCUT2D eigenvalue weighted by atomic mass is 31.2. The molecule has 0 radical (unpaired) electrons. The number of hydrogen-bond donors (Lipinski definition) is 5. The quantitative estimate of drug-likeness (QED) is 0.172. The van der Waals surface area contributed by atoms with Crippen molar-refractivity contribution in [2.75, 3.05) is 24.7 Å². The molecule has 4 aromatic heterocycles. The summed E-state index contributed by atoms with van der Waals surface area (Å²) in [5, 5.41) is 0. The predicted molar refractivity (Wildman–Crippen MR) is 141 cm³/mol. The number of rotatable bonds is 2. The molecule has 21 nitrogen and oxygen atoms in total. The van der Waals surface area contributed by atoms with E-state index in [-0.39, 0.29) is 40.5 Å². The van der Waals surface area contributed by atoms with Gasteiger partial charge in [0.25, 0.3) is 5.56 Å². The van der Waals surface area contributed by atoms with Crippen LogP contribution in [-0.2, 0) is 36.7 Å². The van der Waals surface area contributed by atoms with Gasteiger partial charge in [0.15, 0.2) is 41.3 Å². The Morgan fingerprint density at radius 1 is 0.909 bits per heavy atom. The van der Waals surface area contributed by atoms with Gasteiger partial charge < -0.3 is 30.7 Å². The number of phosphoric acid groups is 2. The number of nitrogen functional groups attached to an aromatic ring is 2. The molecule has 0 saturated carbocycles. The number of fused-ring (bicyclic) bond motifs is 5. The number of aromatic nitrogens is 8. The Morgan fingerprint density at radius 3 is 2.41 bits per heavy atom. The molecular formula is C20H23FN10O11P2. The second-order valence-corrected chi connectivity index (χ2v) is 12.8. The molecule has 9 atom stereocenters. The summed E-state index contributed by atoms with van der Waals surface area (Å²) in [4.78, 5) is 55.7. The van der Waals surface area contributed by atoms with Crippen LogP contribution in [0.4, 0.5) is 16.2 Å². The third kappa shape index (κ3) is 5.17. The minimum Gasteiger partial charge on any atom is -0.382 e. The first-order valence-corrected chi connectivity index (χ1v) is 15.8. The van der Waals surface area contributed by atoms with Crippen LogP contribution in [0.3, 0.4) is 0 Å². The predicted octanol–water partition coefficient (Wildman–Crippen LogP) is -0.335. The minimum atomic E-state index is -5.01. The topological polar surface area (TPSA) is 289 Å². The van der Waals surface area contributed by atoms with Crippen molar-refractivity contribution in [1.29, 1.82) is 0 Å². The number of alkyl halides is 1. The number of imidazole rings is 2. The van der Waals surface area contributed by atoms with E-state index in [9.17, 15) is 23.7 Å². The zero-order valence-corrected chi connectivity index (χ0v) is 23.8. The standard InChI is InChI=1S/C20H23FN10O11P2/c21-10-13-9(40-19(10)30-5-26-11-14(22)24-4-25-15(11)30)3-38-43(33,34)41-8-1-7(2-37-44(35,36)42-13)39-18(8)31-6-27-12-16(31)28-20(23)29-17(12)32/h4-10,13,18-19H,1-3H2,(H,33,34)(H,35,36)(H2,22,24,25)(H3,23,28,29,32)/t7-,8+,9+,10+,13+,18+,19+/m0/s1. The summed E-state index contributed by atoms with van der Waals surface area (Å²) in [6, 6.07) is 0. The molecule has 3 fully saturated rings. The first-order valence-electron chi connectivity index (χ1n) is 12.8.